The third-order valence-corrected chi connectivity index (χ3v) is 5.17. The molecule has 0 amide bonds. The number of nitrogens with zero attached hydrogens (tertiary/aromatic N) is 2. The molecule has 0 saturated heterocycles. The first-order chi connectivity index (χ1) is 12.7. The second-order valence-electron chi connectivity index (χ2n) is 5.77. The van der Waals surface area contributed by atoms with Crippen LogP contribution in [0.4, 0.5) is 15.9 Å². The Morgan fingerprint density at radius 2 is 1.81 bits per heavy atom. The van der Waals surface area contributed by atoms with Crippen molar-refractivity contribution in [1.29, 1.82) is 0 Å². The standard InChI is InChI=1S/C20H16FN3OS/c1-12-17(13-7-9-14(21)10-8-13)18-19(22-11-23-20(18)26-12)24-15-5-3-4-6-16(15)25-2/h3-11H,1-2H3,(H,22,23,24). The summed E-state index contributed by atoms with van der Waals surface area (Å²) in [7, 11) is 1.63. The van der Waals surface area contributed by atoms with Gasteiger partial charge in [-0.15, -0.1) is 11.3 Å². The third kappa shape index (κ3) is 2.88. The topological polar surface area (TPSA) is 47.0 Å². The molecule has 1 N–H and O–H groups in total. The van der Waals surface area contributed by atoms with Crippen LogP contribution in [0.1, 0.15) is 4.88 Å². The van der Waals surface area contributed by atoms with E-state index in [0.29, 0.717) is 5.82 Å². The van der Waals surface area contributed by atoms with Gasteiger partial charge >= 0.3 is 0 Å². The van der Waals surface area contributed by atoms with Gasteiger partial charge < -0.3 is 10.1 Å². The number of para-hydroxylation sites is 2. The van der Waals surface area contributed by atoms with Gasteiger partial charge in [0.1, 0.15) is 28.5 Å². The molecule has 6 heteroatoms. The number of halogens is 1. The highest BCUT2D eigenvalue weighted by Crippen LogP contribution is 2.41. The van der Waals surface area contributed by atoms with Crippen LogP contribution in [0.3, 0.4) is 0 Å². The summed E-state index contributed by atoms with van der Waals surface area (Å²) in [5, 5.41) is 4.28. The lowest BCUT2D eigenvalue weighted by Crippen LogP contribution is -1.98. The zero-order valence-corrected chi connectivity index (χ0v) is 15.1. The Kier molecular flexibility index (Phi) is 4.26. The monoisotopic (exact) mass is 365 g/mol. The van der Waals surface area contributed by atoms with Crippen LogP contribution in [-0.4, -0.2) is 17.1 Å². The average molecular weight is 365 g/mol. The fraction of sp³-hybridized carbons (Fsp3) is 0.100. The van der Waals surface area contributed by atoms with Crippen LogP contribution in [0.15, 0.2) is 54.9 Å². The Morgan fingerprint density at radius 3 is 2.58 bits per heavy atom. The van der Waals surface area contributed by atoms with E-state index < -0.39 is 0 Å². The molecule has 0 aliphatic carbocycles. The number of benzene rings is 2. The first-order valence-electron chi connectivity index (χ1n) is 8.07. The van der Waals surface area contributed by atoms with Gasteiger partial charge in [0.2, 0.25) is 0 Å². The lowest BCUT2D eigenvalue weighted by Gasteiger charge is -2.12. The van der Waals surface area contributed by atoms with Crippen molar-refractivity contribution in [3.05, 3.63) is 65.6 Å². The van der Waals surface area contributed by atoms with E-state index in [0.717, 1.165) is 37.7 Å². The number of methoxy groups -OCH3 is 1. The fourth-order valence-electron chi connectivity index (χ4n) is 2.98. The SMILES string of the molecule is COc1ccccc1Nc1ncnc2sc(C)c(-c3ccc(F)cc3)c12. The fourth-order valence-corrected chi connectivity index (χ4v) is 3.99. The maximum Gasteiger partial charge on any atom is 0.143 e. The predicted octanol–water partition coefficient (Wildman–Crippen LogP) is 5.56. The van der Waals surface area contributed by atoms with Crippen molar-refractivity contribution in [2.45, 2.75) is 6.92 Å². The maximum absolute atomic E-state index is 13.3. The van der Waals surface area contributed by atoms with E-state index in [-0.39, 0.29) is 5.82 Å². The highest BCUT2D eigenvalue weighted by molar-refractivity contribution is 7.19. The summed E-state index contributed by atoms with van der Waals surface area (Å²) >= 11 is 1.60. The Bertz CT molecular complexity index is 1080. The molecule has 0 radical (unpaired) electrons. The molecular formula is C20H16FN3OS. The Hall–Kier alpha value is -2.99. The van der Waals surface area contributed by atoms with Gasteiger partial charge in [0.25, 0.3) is 0 Å². The van der Waals surface area contributed by atoms with E-state index in [4.69, 9.17) is 4.74 Å². The Morgan fingerprint density at radius 1 is 1.04 bits per heavy atom. The summed E-state index contributed by atoms with van der Waals surface area (Å²) in [5.74, 6) is 1.17. The van der Waals surface area contributed by atoms with Gasteiger partial charge in [0.05, 0.1) is 18.2 Å². The number of aryl methyl sites for hydroxylation is 1. The summed E-state index contributed by atoms with van der Waals surface area (Å²) in [6.07, 6.45) is 1.55. The number of fused-ring (bicyclic) bond motifs is 1. The lowest BCUT2D eigenvalue weighted by molar-refractivity contribution is 0.417. The summed E-state index contributed by atoms with van der Waals surface area (Å²) < 4.78 is 18.8. The molecule has 2 heterocycles. The number of ether oxygens (including phenoxy) is 1. The van der Waals surface area contributed by atoms with Crippen molar-refractivity contribution in [1.82, 2.24) is 9.97 Å². The van der Waals surface area contributed by atoms with Crippen LogP contribution in [0.5, 0.6) is 5.75 Å². The Balaban J connectivity index is 1.89. The van der Waals surface area contributed by atoms with Crippen molar-refractivity contribution in [2.24, 2.45) is 0 Å². The minimum atomic E-state index is -0.255. The zero-order valence-electron chi connectivity index (χ0n) is 14.3. The van der Waals surface area contributed by atoms with E-state index in [9.17, 15) is 4.39 Å². The normalized spacial score (nSPS) is 10.9. The molecule has 0 fully saturated rings. The highest BCUT2D eigenvalue weighted by Gasteiger charge is 2.17. The molecule has 0 bridgehead atoms. The van der Waals surface area contributed by atoms with Crippen LogP contribution in [-0.2, 0) is 0 Å². The van der Waals surface area contributed by atoms with Crippen molar-refractivity contribution in [2.75, 3.05) is 12.4 Å². The molecule has 130 valence electrons. The molecule has 4 rings (SSSR count). The van der Waals surface area contributed by atoms with E-state index in [1.54, 1.807) is 36.9 Å². The van der Waals surface area contributed by atoms with E-state index >= 15 is 0 Å². The van der Waals surface area contributed by atoms with Gasteiger partial charge in [-0.3, -0.25) is 0 Å². The smallest absolute Gasteiger partial charge is 0.143 e. The molecule has 0 aliphatic heterocycles. The molecule has 0 spiro atoms. The highest BCUT2D eigenvalue weighted by atomic mass is 32.1. The van der Waals surface area contributed by atoms with Crippen molar-refractivity contribution < 1.29 is 9.13 Å². The predicted molar refractivity (Wildman–Crippen MR) is 104 cm³/mol. The van der Waals surface area contributed by atoms with Gasteiger partial charge in [-0.1, -0.05) is 24.3 Å². The number of anilines is 2. The molecule has 2 aromatic carbocycles. The van der Waals surface area contributed by atoms with Crippen LogP contribution in [0.2, 0.25) is 0 Å². The van der Waals surface area contributed by atoms with Gasteiger partial charge in [-0.25, -0.2) is 14.4 Å². The zero-order chi connectivity index (χ0) is 18.1. The number of hydrogen-bond donors (Lipinski definition) is 1. The average Bonchev–Trinajstić information content (AvgIpc) is 3.00. The molecular weight excluding hydrogens is 349 g/mol. The molecule has 26 heavy (non-hydrogen) atoms. The quantitative estimate of drug-likeness (QED) is 0.514. The largest absolute Gasteiger partial charge is 0.495 e. The third-order valence-electron chi connectivity index (χ3n) is 4.16. The summed E-state index contributed by atoms with van der Waals surface area (Å²) in [5.41, 5.74) is 2.78. The second-order valence-corrected chi connectivity index (χ2v) is 6.97. The van der Waals surface area contributed by atoms with Gasteiger partial charge in [-0.05, 0) is 36.8 Å². The maximum atomic E-state index is 13.3. The van der Waals surface area contributed by atoms with E-state index in [1.807, 2.05) is 31.2 Å². The number of rotatable bonds is 4. The first kappa shape index (κ1) is 16.5. The van der Waals surface area contributed by atoms with Crippen molar-refractivity contribution in [3.8, 4) is 16.9 Å². The van der Waals surface area contributed by atoms with Gasteiger partial charge in [0.15, 0.2) is 0 Å². The van der Waals surface area contributed by atoms with E-state index in [1.165, 1.54) is 12.1 Å². The summed E-state index contributed by atoms with van der Waals surface area (Å²) in [6, 6.07) is 14.2. The molecule has 4 aromatic rings. The molecule has 4 nitrogen and oxygen atoms in total. The van der Waals surface area contributed by atoms with E-state index in [2.05, 4.69) is 15.3 Å². The first-order valence-corrected chi connectivity index (χ1v) is 8.89. The Labute approximate surface area is 154 Å². The van der Waals surface area contributed by atoms with Crippen LogP contribution < -0.4 is 10.1 Å². The molecule has 0 atom stereocenters. The minimum absolute atomic E-state index is 0.255. The molecule has 2 aromatic heterocycles. The summed E-state index contributed by atoms with van der Waals surface area (Å²) in [6.45, 7) is 2.04. The molecule has 0 saturated carbocycles. The van der Waals surface area contributed by atoms with Crippen LogP contribution in [0.25, 0.3) is 21.3 Å². The number of aromatic nitrogens is 2. The number of hydrogen-bond acceptors (Lipinski definition) is 5. The second kappa shape index (κ2) is 6.72. The molecule has 0 aliphatic rings. The van der Waals surface area contributed by atoms with Crippen molar-refractivity contribution >= 4 is 33.1 Å². The molecule has 0 unspecified atom stereocenters. The summed E-state index contributed by atoms with van der Waals surface area (Å²) in [4.78, 5) is 10.9. The van der Waals surface area contributed by atoms with Crippen LogP contribution >= 0.6 is 11.3 Å². The van der Waals surface area contributed by atoms with Crippen LogP contribution in [0, 0.1) is 12.7 Å². The van der Waals surface area contributed by atoms with Gasteiger partial charge in [0, 0.05) is 10.4 Å². The van der Waals surface area contributed by atoms with Crippen molar-refractivity contribution in [3.63, 3.8) is 0 Å². The minimum Gasteiger partial charge on any atom is -0.495 e. The van der Waals surface area contributed by atoms with Gasteiger partial charge in [-0.2, -0.15) is 0 Å². The lowest BCUT2D eigenvalue weighted by atomic mass is 10.0. The number of nitrogens with one attached hydrogen (secondary N) is 1. The number of thiophene rings is 1.